The Hall–Kier alpha value is -1.73. The van der Waals surface area contributed by atoms with Crippen LogP contribution in [-0.2, 0) is 17.8 Å². The number of nitrogens with zero attached hydrogens (tertiary/aromatic N) is 3. The molecule has 1 N–H and O–H groups in total. The van der Waals surface area contributed by atoms with Gasteiger partial charge in [-0.3, -0.25) is 9.89 Å². The smallest absolute Gasteiger partial charge is 0.262 e. The van der Waals surface area contributed by atoms with Crippen LogP contribution in [0.4, 0.5) is 0 Å². The molecule has 0 amide bonds. The van der Waals surface area contributed by atoms with Gasteiger partial charge < -0.3 is 13.9 Å². The van der Waals surface area contributed by atoms with E-state index in [0.29, 0.717) is 35.9 Å². The van der Waals surface area contributed by atoms with Crippen molar-refractivity contribution in [2.45, 2.75) is 33.9 Å². The van der Waals surface area contributed by atoms with Crippen molar-refractivity contribution in [3.63, 3.8) is 0 Å². The number of hydrogen-bond donors (Lipinski definition) is 1. The summed E-state index contributed by atoms with van der Waals surface area (Å²) in [6.45, 7) is 7.49. The molecule has 0 aliphatic rings. The van der Waals surface area contributed by atoms with E-state index in [1.165, 1.54) is 0 Å². The van der Waals surface area contributed by atoms with E-state index >= 15 is 0 Å². The van der Waals surface area contributed by atoms with Crippen molar-refractivity contribution in [3.05, 3.63) is 32.4 Å². The predicted octanol–water partition coefficient (Wildman–Crippen LogP) is 2.05. The van der Waals surface area contributed by atoms with Gasteiger partial charge in [0.1, 0.15) is 0 Å². The summed E-state index contributed by atoms with van der Waals surface area (Å²) >= 11 is 5.20. The molecule has 0 saturated heterocycles. The molecule has 0 atom stereocenters. The van der Waals surface area contributed by atoms with Crippen LogP contribution in [0.25, 0.3) is 11.4 Å². The largest absolute Gasteiger partial charge is 0.383 e. The van der Waals surface area contributed by atoms with Gasteiger partial charge >= 0.3 is 0 Å². The van der Waals surface area contributed by atoms with Crippen molar-refractivity contribution in [3.8, 4) is 11.4 Å². The van der Waals surface area contributed by atoms with Crippen molar-refractivity contribution < 1.29 is 4.74 Å². The van der Waals surface area contributed by atoms with Crippen LogP contribution in [-0.4, -0.2) is 33.0 Å². The Kier molecular flexibility index (Phi) is 4.74. The molecule has 0 spiro atoms. The minimum Gasteiger partial charge on any atom is -0.383 e. The van der Waals surface area contributed by atoms with Gasteiger partial charge in [-0.05, 0) is 44.6 Å². The highest BCUT2D eigenvalue weighted by molar-refractivity contribution is 7.71. The zero-order valence-corrected chi connectivity index (χ0v) is 13.6. The van der Waals surface area contributed by atoms with Gasteiger partial charge in [-0.15, -0.1) is 0 Å². The summed E-state index contributed by atoms with van der Waals surface area (Å²) in [5, 5.41) is 6.99. The second kappa shape index (κ2) is 6.36. The van der Waals surface area contributed by atoms with Crippen LogP contribution in [0.5, 0.6) is 0 Å². The monoisotopic (exact) mass is 308 g/mol. The summed E-state index contributed by atoms with van der Waals surface area (Å²) < 4.78 is 9.14. The molecule has 2 aromatic rings. The summed E-state index contributed by atoms with van der Waals surface area (Å²) in [5.41, 5.74) is 2.34. The molecule has 2 heterocycles. The second-order valence-corrected chi connectivity index (χ2v) is 5.28. The van der Waals surface area contributed by atoms with E-state index in [-0.39, 0.29) is 5.56 Å². The van der Waals surface area contributed by atoms with Crippen molar-refractivity contribution in [2.24, 2.45) is 0 Å². The van der Waals surface area contributed by atoms with E-state index in [0.717, 1.165) is 11.3 Å². The highest BCUT2D eigenvalue weighted by Crippen LogP contribution is 2.19. The molecule has 0 aromatic carbocycles. The second-order valence-electron chi connectivity index (χ2n) is 4.89. The first-order chi connectivity index (χ1) is 10.0. The van der Waals surface area contributed by atoms with E-state index in [9.17, 15) is 4.79 Å². The minimum absolute atomic E-state index is 0.0618. The van der Waals surface area contributed by atoms with Crippen molar-refractivity contribution in [1.82, 2.24) is 19.3 Å². The number of aryl methyl sites for hydroxylation is 2. The van der Waals surface area contributed by atoms with Crippen molar-refractivity contribution in [1.29, 1.82) is 0 Å². The molecular weight excluding hydrogens is 288 g/mol. The van der Waals surface area contributed by atoms with Gasteiger partial charge in [0.25, 0.3) is 5.56 Å². The Morgan fingerprint density at radius 2 is 2.10 bits per heavy atom. The third-order valence-corrected chi connectivity index (χ3v) is 3.83. The summed E-state index contributed by atoms with van der Waals surface area (Å²) in [5.74, 6) is 0.594. The Bertz CT molecular complexity index is 757. The number of methoxy groups -OCH3 is 1. The lowest BCUT2D eigenvalue weighted by molar-refractivity contribution is 0.185. The number of rotatable bonds is 5. The van der Waals surface area contributed by atoms with E-state index in [4.69, 9.17) is 17.0 Å². The van der Waals surface area contributed by atoms with Gasteiger partial charge in [-0.2, -0.15) is 5.10 Å². The molecule has 0 fully saturated rings. The number of aromatic nitrogens is 4. The maximum atomic E-state index is 12.8. The quantitative estimate of drug-likeness (QED) is 0.859. The predicted molar refractivity (Wildman–Crippen MR) is 84.1 cm³/mol. The maximum absolute atomic E-state index is 12.8. The third kappa shape index (κ3) is 2.84. The Morgan fingerprint density at radius 1 is 1.38 bits per heavy atom. The van der Waals surface area contributed by atoms with E-state index in [2.05, 4.69) is 10.2 Å². The van der Waals surface area contributed by atoms with Gasteiger partial charge in [0.15, 0.2) is 10.6 Å². The lowest BCUT2D eigenvalue weighted by Crippen LogP contribution is -2.27. The average molecular weight is 308 g/mol. The number of aromatic amines is 1. The zero-order chi connectivity index (χ0) is 15.6. The Balaban J connectivity index is 2.69. The fourth-order valence-electron chi connectivity index (χ4n) is 2.46. The van der Waals surface area contributed by atoms with Gasteiger partial charge in [0, 0.05) is 25.9 Å². The number of H-pyrrole nitrogens is 1. The lowest BCUT2D eigenvalue weighted by Gasteiger charge is -2.14. The van der Waals surface area contributed by atoms with Crippen LogP contribution < -0.4 is 5.56 Å². The zero-order valence-electron chi connectivity index (χ0n) is 12.8. The number of pyridine rings is 1. The van der Waals surface area contributed by atoms with Gasteiger partial charge in [0.2, 0.25) is 0 Å². The molecule has 0 radical (unpaired) electrons. The molecule has 114 valence electrons. The standard InChI is InChI=1S/C14H20N4O2S/c1-5-17-12(15-16-14(17)21)11-9(2)8-10(3)18(13(11)19)6-7-20-4/h8H,5-7H2,1-4H3,(H,16,21). The lowest BCUT2D eigenvalue weighted by atomic mass is 10.1. The van der Waals surface area contributed by atoms with Crippen LogP contribution in [0.2, 0.25) is 0 Å². The van der Waals surface area contributed by atoms with Crippen LogP contribution in [0.3, 0.4) is 0 Å². The van der Waals surface area contributed by atoms with Crippen LogP contribution in [0.1, 0.15) is 18.2 Å². The van der Waals surface area contributed by atoms with Gasteiger partial charge in [-0.25, -0.2) is 0 Å². The highest BCUT2D eigenvalue weighted by Gasteiger charge is 2.17. The first-order valence-electron chi connectivity index (χ1n) is 6.86. The average Bonchev–Trinajstić information content (AvgIpc) is 2.79. The molecule has 2 aromatic heterocycles. The first-order valence-corrected chi connectivity index (χ1v) is 7.27. The topological polar surface area (TPSA) is 64.8 Å². The molecule has 0 aliphatic heterocycles. The molecular formula is C14H20N4O2S. The number of hydrogen-bond acceptors (Lipinski definition) is 4. The molecule has 21 heavy (non-hydrogen) atoms. The summed E-state index contributed by atoms with van der Waals surface area (Å²) in [6.07, 6.45) is 0. The SMILES string of the molecule is CCn1c(-c2c(C)cc(C)n(CCOC)c2=O)n[nH]c1=S. The highest BCUT2D eigenvalue weighted by atomic mass is 32.1. The van der Waals surface area contributed by atoms with E-state index in [1.807, 2.05) is 31.4 Å². The summed E-state index contributed by atoms with van der Waals surface area (Å²) in [7, 11) is 1.62. The molecule has 2 rings (SSSR count). The molecule has 0 aliphatic carbocycles. The molecule has 0 saturated carbocycles. The van der Waals surface area contributed by atoms with Crippen LogP contribution >= 0.6 is 12.2 Å². The fraction of sp³-hybridized carbons (Fsp3) is 0.500. The summed E-state index contributed by atoms with van der Waals surface area (Å²) in [6, 6.07) is 1.99. The van der Waals surface area contributed by atoms with Crippen molar-refractivity contribution >= 4 is 12.2 Å². The normalized spacial score (nSPS) is 11.0. The Labute approximate surface area is 128 Å². The summed E-state index contributed by atoms with van der Waals surface area (Å²) in [4.78, 5) is 12.8. The van der Waals surface area contributed by atoms with Crippen LogP contribution in [0.15, 0.2) is 10.9 Å². The first kappa shape index (κ1) is 15.7. The Morgan fingerprint density at radius 3 is 2.71 bits per heavy atom. The minimum atomic E-state index is -0.0618. The van der Waals surface area contributed by atoms with Gasteiger partial charge in [0.05, 0.1) is 12.2 Å². The van der Waals surface area contributed by atoms with Crippen LogP contribution in [0, 0.1) is 18.6 Å². The number of ether oxygens (including phenoxy) is 1. The molecule has 0 unspecified atom stereocenters. The van der Waals surface area contributed by atoms with E-state index < -0.39 is 0 Å². The fourth-order valence-corrected chi connectivity index (χ4v) is 2.72. The third-order valence-electron chi connectivity index (χ3n) is 3.52. The maximum Gasteiger partial charge on any atom is 0.262 e. The molecule has 6 nitrogen and oxygen atoms in total. The molecule has 7 heteroatoms. The number of nitrogens with one attached hydrogen (secondary N) is 1. The van der Waals surface area contributed by atoms with E-state index in [1.54, 1.807) is 11.7 Å². The molecule has 0 bridgehead atoms. The van der Waals surface area contributed by atoms with Gasteiger partial charge in [-0.1, -0.05) is 0 Å². The van der Waals surface area contributed by atoms with Crippen molar-refractivity contribution in [2.75, 3.05) is 13.7 Å².